The number of amides is 2. The molecule has 0 aliphatic carbocycles. The van der Waals surface area contributed by atoms with E-state index < -0.39 is 0 Å². The van der Waals surface area contributed by atoms with Crippen LogP contribution < -0.4 is 5.32 Å². The maximum Gasteiger partial charge on any atom is 0.239 e. The first-order valence-electron chi connectivity index (χ1n) is 10.6. The van der Waals surface area contributed by atoms with Gasteiger partial charge in [-0.05, 0) is 32.0 Å². The summed E-state index contributed by atoms with van der Waals surface area (Å²) in [6.07, 6.45) is 4.02. The minimum Gasteiger partial charge on any atom is -0.378 e. The molecule has 158 valence electrons. The summed E-state index contributed by atoms with van der Waals surface area (Å²) in [7, 11) is 2.10. The molecule has 4 rings (SSSR count). The number of fused-ring (bicyclic) bond motifs is 1. The Bertz CT molecular complexity index is 710. The number of nitrogens with zero attached hydrogens (tertiary/aromatic N) is 4. The van der Waals surface area contributed by atoms with Gasteiger partial charge in [0.25, 0.3) is 0 Å². The van der Waals surface area contributed by atoms with Crippen LogP contribution in [0.3, 0.4) is 0 Å². The van der Waals surface area contributed by atoms with E-state index in [9.17, 15) is 9.59 Å². The van der Waals surface area contributed by atoms with Crippen molar-refractivity contribution in [3.63, 3.8) is 0 Å². The second-order valence-corrected chi connectivity index (χ2v) is 8.19. The largest absolute Gasteiger partial charge is 0.378 e. The normalized spacial score (nSPS) is 28.7. The topological polar surface area (TPSA) is 78.0 Å². The van der Waals surface area contributed by atoms with Crippen LogP contribution in [-0.2, 0) is 20.9 Å². The van der Waals surface area contributed by atoms with Gasteiger partial charge in [0, 0.05) is 57.4 Å². The number of nitrogens with one attached hydrogen (secondary N) is 1. The molecule has 0 bridgehead atoms. The summed E-state index contributed by atoms with van der Waals surface area (Å²) in [5.41, 5.74) is 0.987. The molecule has 4 heterocycles. The van der Waals surface area contributed by atoms with Gasteiger partial charge >= 0.3 is 0 Å². The third kappa shape index (κ3) is 4.60. The van der Waals surface area contributed by atoms with Gasteiger partial charge in [-0.25, -0.2) is 0 Å². The van der Waals surface area contributed by atoms with E-state index >= 15 is 0 Å². The Morgan fingerprint density at radius 3 is 2.86 bits per heavy atom. The lowest BCUT2D eigenvalue weighted by Crippen LogP contribution is -2.49. The van der Waals surface area contributed by atoms with Crippen molar-refractivity contribution in [2.45, 2.75) is 43.9 Å². The molecule has 0 spiro atoms. The highest BCUT2D eigenvalue weighted by molar-refractivity contribution is 5.83. The van der Waals surface area contributed by atoms with E-state index in [1.165, 1.54) is 0 Å². The highest BCUT2D eigenvalue weighted by Crippen LogP contribution is 2.28. The van der Waals surface area contributed by atoms with E-state index in [4.69, 9.17) is 4.74 Å². The Labute approximate surface area is 172 Å². The van der Waals surface area contributed by atoms with E-state index in [0.717, 1.165) is 25.1 Å². The fraction of sp³-hybridized carbons (Fsp3) is 0.667. The first-order chi connectivity index (χ1) is 14.1. The minimum atomic E-state index is -0.165. The van der Waals surface area contributed by atoms with Crippen molar-refractivity contribution in [3.05, 3.63) is 30.1 Å². The lowest BCUT2D eigenvalue weighted by atomic mass is 10.0. The molecule has 0 saturated carbocycles. The van der Waals surface area contributed by atoms with E-state index in [1.54, 1.807) is 6.20 Å². The molecule has 3 aliphatic rings. The zero-order valence-corrected chi connectivity index (χ0v) is 17.1. The summed E-state index contributed by atoms with van der Waals surface area (Å²) >= 11 is 0. The average molecular weight is 402 g/mol. The third-order valence-corrected chi connectivity index (χ3v) is 6.50. The predicted molar refractivity (Wildman–Crippen MR) is 108 cm³/mol. The Kier molecular flexibility index (Phi) is 6.42. The summed E-state index contributed by atoms with van der Waals surface area (Å²) < 4.78 is 5.33. The Morgan fingerprint density at radius 2 is 2.10 bits per heavy atom. The first kappa shape index (κ1) is 20.3. The first-order valence-corrected chi connectivity index (χ1v) is 10.6. The number of carbonyl (C=O) groups excluding carboxylic acids is 2. The third-order valence-electron chi connectivity index (χ3n) is 6.50. The van der Waals surface area contributed by atoms with Gasteiger partial charge in [-0.2, -0.15) is 0 Å². The van der Waals surface area contributed by atoms with E-state index in [-0.39, 0.29) is 29.9 Å². The number of likely N-dealkylation sites (N-methyl/N-ethyl adjacent to an activating group) is 1. The van der Waals surface area contributed by atoms with Crippen molar-refractivity contribution in [1.82, 2.24) is 25.0 Å². The van der Waals surface area contributed by atoms with Crippen LogP contribution in [0.5, 0.6) is 0 Å². The van der Waals surface area contributed by atoms with Gasteiger partial charge in [-0.1, -0.05) is 6.07 Å². The van der Waals surface area contributed by atoms with Gasteiger partial charge in [0.05, 0.1) is 18.9 Å². The maximum atomic E-state index is 12.9. The quantitative estimate of drug-likeness (QED) is 0.754. The molecule has 3 aliphatic heterocycles. The second kappa shape index (κ2) is 9.19. The van der Waals surface area contributed by atoms with Crippen molar-refractivity contribution in [3.8, 4) is 0 Å². The molecular formula is C21H31N5O3. The Balaban J connectivity index is 1.37. The molecule has 2 amide bonds. The zero-order valence-electron chi connectivity index (χ0n) is 17.1. The Hall–Kier alpha value is -2.03. The summed E-state index contributed by atoms with van der Waals surface area (Å²) in [6, 6.07) is 6.08. The molecule has 3 unspecified atom stereocenters. The van der Waals surface area contributed by atoms with Gasteiger partial charge < -0.3 is 15.0 Å². The smallest absolute Gasteiger partial charge is 0.239 e. The fourth-order valence-corrected chi connectivity index (χ4v) is 4.79. The van der Waals surface area contributed by atoms with Gasteiger partial charge in [-0.15, -0.1) is 0 Å². The summed E-state index contributed by atoms with van der Waals surface area (Å²) in [5, 5.41) is 3.13. The summed E-state index contributed by atoms with van der Waals surface area (Å²) in [5.74, 6) is 0.286. The van der Waals surface area contributed by atoms with E-state index in [0.29, 0.717) is 45.8 Å². The van der Waals surface area contributed by atoms with Crippen LogP contribution in [0.4, 0.5) is 0 Å². The highest BCUT2D eigenvalue weighted by atomic mass is 16.5. The van der Waals surface area contributed by atoms with Crippen molar-refractivity contribution in [1.29, 1.82) is 0 Å². The summed E-state index contributed by atoms with van der Waals surface area (Å²) in [6.45, 7) is 4.77. The number of morpholine rings is 1. The van der Waals surface area contributed by atoms with Crippen LogP contribution in [0.1, 0.15) is 25.0 Å². The number of ether oxygens (including phenoxy) is 1. The number of likely N-dealkylation sites (tertiary alicyclic amines) is 1. The molecule has 1 aromatic heterocycles. The number of rotatable bonds is 5. The van der Waals surface area contributed by atoms with Crippen molar-refractivity contribution < 1.29 is 14.3 Å². The summed E-state index contributed by atoms with van der Waals surface area (Å²) in [4.78, 5) is 36.3. The number of hydrogen-bond donors (Lipinski definition) is 1. The SMILES string of the molecule is CN1C(CCC(=O)N2CCOCC2)CNC(=O)C2C1CCN2Cc1ccccn1. The zero-order chi connectivity index (χ0) is 20.2. The molecular weight excluding hydrogens is 370 g/mol. The number of pyridine rings is 1. The van der Waals surface area contributed by atoms with Crippen LogP contribution >= 0.6 is 0 Å². The molecule has 0 aromatic carbocycles. The number of carbonyl (C=O) groups is 2. The monoisotopic (exact) mass is 401 g/mol. The van der Waals surface area contributed by atoms with Gasteiger partial charge in [-0.3, -0.25) is 24.4 Å². The number of hydrogen-bond acceptors (Lipinski definition) is 6. The Morgan fingerprint density at radius 1 is 1.28 bits per heavy atom. The van der Waals surface area contributed by atoms with E-state index in [2.05, 4.69) is 27.1 Å². The van der Waals surface area contributed by atoms with Gasteiger partial charge in [0.15, 0.2) is 0 Å². The predicted octanol–water partition coefficient (Wildman–Crippen LogP) is 0.0937. The molecule has 3 atom stereocenters. The maximum absolute atomic E-state index is 12.9. The van der Waals surface area contributed by atoms with Crippen LogP contribution in [-0.4, -0.2) is 96.1 Å². The van der Waals surface area contributed by atoms with Gasteiger partial charge in [0.2, 0.25) is 11.8 Å². The van der Waals surface area contributed by atoms with Crippen molar-refractivity contribution >= 4 is 11.8 Å². The standard InChI is InChI=1S/C21H31N5O3/c1-24-17(5-6-19(27)25-10-12-29-13-11-25)14-23-21(28)20-18(24)7-9-26(20)15-16-4-2-3-8-22-16/h2-4,8,17-18,20H,5-7,9-15H2,1H3,(H,23,28). The van der Waals surface area contributed by atoms with Crippen LogP contribution in [0, 0.1) is 0 Å². The number of aromatic nitrogens is 1. The molecule has 3 fully saturated rings. The van der Waals surface area contributed by atoms with Gasteiger partial charge in [0.1, 0.15) is 6.04 Å². The molecule has 8 heteroatoms. The molecule has 1 aromatic rings. The minimum absolute atomic E-state index is 0.0947. The van der Waals surface area contributed by atoms with Crippen LogP contribution in [0.15, 0.2) is 24.4 Å². The van der Waals surface area contributed by atoms with Crippen LogP contribution in [0.2, 0.25) is 0 Å². The molecule has 1 N–H and O–H groups in total. The van der Waals surface area contributed by atoms with Crippen LogP contribution in [0.25, 0.3) is 0 Å². The van der Waals surface area contributed by atoms with Crippen molar-refractivity contribution in [2.75, 3.05) is 46.4 Å². The molecule has 0 radical (unpaired) electrons. The van der Waals surface area contributed by atoms with Crippen molar-refractivity contribution in [2.24, 2.45) is 0 Å². The highest BCUT2D eigenvalue weighted by Gasteiger charge is 2.45. The molecule has 29 heavy (non-hydrogen) atoms. The second-order valence-electron chi connectivity index (χ2n) is 8.19. The lowest BCUT2D eigenvalue weighted by molar-refractivity contribution is -0.135. The average Bonchev–Trinajstić information content (AvgIpc) is 3.13. The van der Waals surface area contributed by atoms with E-state index in [1.807, 2.05) is 23.1 Å². The molecule has 8 nitrogen and oxygen atoms in total. The fourth-order valence-electron chi connectivity index (χ4n) is 4.79. The lowest BCUT2D eigenvalue weighted by Gasteiger charge is -2.33. The molecule has 3 saturated heterocycles.